The van der Waals surface area contributed by atoms with Crippen LogP contribution in [0.4, 0.5) is 5.69 Å². The van der Waals surface area contributed by atoms with E-state index in [1.807, 2.05) is 44.2 Å². The predicted molar refractivity (Wildman–Crippen MR) is 95.4 cm³/mol. The molecule has 6 nitrogen and oxygen atoms in total. The van der Waals surface area contributed by atoms with Crippen LogP contribution < -0.4 is 15.8 Å². The summed E-state index contributed by atoms with van der Waals surface area (Å²) < 4.78 is 1.33. The number of rotatable bonds is 4. The summed E-state index contributed by atoms with van der Waals surface area (Å²) in [5.41, 5.74) is 1.44. The largest absolute Gasteiger partial charge is 0.343 e. The van der Waals surface area contributed by atoms with Gasteiger partial charge in [-0.3, -0.25) is 14.4 Å². The van der Waals surface area contributed by atoms with E-state index in [4.69, 9.17) is 0 Å². The van der Waals surface area contributed by atoms with E-state index in [-0.39, 0.29) is 30.0 Å². The van der Waals surface area contributed by atoms with E-state index in [0.717, 1.165) is 11.3 Å². The van der Waals surface area contributed by atoms with Gasteiger partial charge in [0.1, 0.15) is 12.6 Å². The molecule has 3 rings (SSSR count). The van der Waals surface area contributed by atoms with Crippen molar-refractivity contribution in [1.82, 2.24) is 9.88 Å². The van der Waals surface area contributed by atoms with Crippen LogP contribution in [0, 0.1) is 6.92 Å². The molecule has 1 fully saturated rings. The lowest BCUT2D eigenvalue weighted by atomic mass is 10.2. The molecule has 1 aliphatic heterocycles. The molecule has 1 saturated heterocycles. The zero-order chi connectivity index (χ0) is 18.0. The fourth-order valence-electron chi connectivity index (χ4n) is 3.16. The molecule has 1 aliphatic rings. The average Bonchev–Trinajstić information content (AvgIpc) is 2.85. The standard InChI is InChI=1S/C19H21N3O3/c1-13-8-9-21(18(24)10-13)12-17(23)20-16-11-14(2)22(19(16)25)15-6-4-3-5-7-15/h3-10,14,16H,11-12H2,1-2H3,(H,20,23)/t14-,16-/m1/s1. The topological polar surface area (TPSA) is 71.4 Å². The number of aryl methyl sites for hydroxylation is 1. The van der Waals surface area contributed by atoms with E-state index in [9.17, 15) is 14.4 Å². The van der Waals surface area contributed by atoms with Crippen LogP contribution in [-0.2, 0) is 16.1 Å². The van der Waals surface area contributed by atoms with Gasteiger partial charge in [0.2, 0.25) is 11.8 Å². The summed E-state index contributed by atoms with van der Waals surface area (Å²) in [5, 5.41) is 2.76. The molecule has 2 amide bonds. The summed E-state index contributed by atoms with van der Waals surface area (Å²) in [6, 6.07) is 12.1. The zero-order valence-electron chi connectivity index (χ0n) is 14.3. The van der Waals surface area contributed by atoms with Crippen molar-refractivity contribution in [3.63, 3.8) is 0 Å². The molecule has 25 heavy (non-hydrogen) atoms. The van der Waals surface area contributed by atoms with Crippen LogP contribution in [0.2, 0.25) is 0 Å². The lowest BCUT2D eigenvalue weighted by Crippen LogP contribution is -2.43. The SMILES string of the molecule is Cc1ccn(CC(=O)N[C@@H]2C[C@@H](C)N(c3ccccc3)C2=O)c(=O)c1. The highest BCUT2D eigenvalue weighted by molar-refractivity contribution is 6.01. The minimum absolute atomic E-state index is 0.00213. The van der Waals surface area contributed by atoms with E-state index < -0.39 is 6.04 Å². The Bertz CT molecular complexity index is 844. The Morgan fingerprint density at radius 2 is 1.92 bits per heavy atom. The van der Waals surface area contributed by atoms with Crippen LogP contribution >= 0.6 is 0 Å². The summed E-state index contributed by atoms with van der Waals surface area (Å²) in [6.07, 6.45) is 2.13. The predicted octanol–water partition coefficient (Wildman–Crippen LogP) is 1.47. The molecule has 1 aromatic heterocycles. The molecule has 0 bridgehead atoms. The first-order valence-electron chi connectivity index (χ1n) is 8.30. The number of carbonyl (C=O) groups excluding carboxylic acids is 2. The molecule has 2 aromatic rings. The van der Waals surface area contributed by atoms with Crippen LogP contribution in [0.15, 0.2) is 53.5 Å². The number of nitrogens with one attached hydrogen (secondary N) is 1. The summed E-state index contributed by atoms with van der Waals surface area (Å²) in [6.45, 7) is 3.69. The Morgan fingerprint density at radius 3 is 2.60 bits per heavy atom. The number of aromatic nitrogens is 1. The number of nitrogens with zero attached hydrogens (tertiary/aromatic N) is 2. The fourth-order valence-corrected chi connectivity index (χ4v) is 3.16. The first kappa shape index (κ1) is 17.0. The van der Waals surface area contributed by atoms with Crippen molar-refractivity contribution >= 4 is 17.5 Å². The Kier molecular flexibility index (Phi) is 4.70. The monoisotopic (exact) mass is 339 g/mol. The molecule has 130 valence electrons. The normalized spacial score (nSPS) is 19.9. The number of hydrogen-bond donors (Lipinski definition) is 1. The summed E-state index contributed by atoms with van der Waals surface area (Å²) in [7, 11) is 0. The zero-order valence-corrected chi connectivity index (χ0v) is 14.3. The second-order valence-electron chi connectivity index (χ2n) is 6.42. The van der Waals surface area contributed by atoms with Gasteiger partial charge in [0.15, 0.2) is 0 Å². The number of amides is 2. The van der Waals surface area contributed by atoms with Gasteiger partial charge in [0.05, 0.1) is 0 Å². The molecule has 0 saturated carbocycles. The molecule has 0 spiro atoms. The lowest BCUT2D eigenvalue weighted by molar-refractivity contribution is -0.126. The van der Waals surface area contributed by atoms with Gasteiger partial charge in [-0.2, -0.15) is 0 Å². The van der Waals surface area contributed by atoms with Crippen LogP contribution in [0.1, 0.15) is 18.9 Å². The minimum atomic E-state index is -0.566. The van der Waals surface area contributed by atoms with Gasteiger partial charge in [-0.05, 0) is 44.0 Å². The van der Waals surface area contributed by atoms with E-state index in [1.54, 1.807) is 17.2 Å². The number of para-hydroxylation sites is 1. The van der Waals surface area contributed by atoms with Gasteiger partial charge in [0, 0.05) is 24.0 Å². The second kappa shape index (κ2) is 6.93. The van der Waals surface area contributed by atoms with Gasteiger partial charge in [-0.15, -0.1) is 0 Å². The Labute approximate surface area is 146 Å². The van der Waals surface area contributed by atoms with Crippen molar-refractivity contribution in [2.24, 2.45) is 0 Å². The summed E-state index contributed by atoms with van der Waals surface area (Å²) in [4.78, 5) is 38.5. The maximum Gasteiger partial charge on any atom is 0.251 e. The fraction of sp³-hybridized carbons (Fsp3) is 0.316. The molecule has 1 N–H and O–H groups in total. The Balaban J connectivity index is 1.68. The number of benzene rings is 1. The highest BCUT2D eigenvalue weighted by Gasteiger charge is 2.38. The quantitative estimate of drug-likeness (QED) is 0.917. The molecule has 0 radical (unpaired) electrons. The molecular formula is C19H21N3O3. The van der Waals surface area contributed by atoms with Crippen molar-refractivity contribution in [1.29, 1.82) is 0 Å². The number of pyridine rings is 1. The first-order chi connectivity index (χ1) is 12.0. The number of carbonyl (C=O) groups is 2. The van der Waals surface area contributed by atoms with E-state index in [2.05, 4.69) is 5.32 Å². The maximum absolute atomic E-state index is 12.7. The molecule has 1 aromatic carbocycles. The highest BCUT2D eigenvalue weighted by atomic mass is 16.2. The van der Waals surface area contributed by atoms with Crippen molar-refractivity contribution in [3.05, 3.63) is 64.6 Å². The van der Waals surface area contributed by atoms with Crippen molar-refractivity contribution in [2.45, 2.75) is 38.9 Å². The third-order valence-corrected chi connectivity index (χ3v) is 4.39. The average molecular weight is 339 g/mol. The van der Waals surface area contributed by atoms with Crippen LogP contribution in [0.3, 0.4) is 0 Å². The van der Waals surface area contributed by atoms with Crippen LogP contribution in [0.5, 0.6) is 0 Å². The van der Waals surface area contributed by atoms with E-state index in [1.165, 1.54) is 10.6 Å². The third kappa shape index (κ3) is 3.63. The maximum atomic E-state index is 12.7. The number of anilines is 1. The minimum Gasteiger partial charge on any atom is -0.343 e. The second-order valence-corrected chi connectivity index (χ2v) is 6.42. The first-order valence-corrected chi connectivity index (χ1v) is 8.30. The van der Waals surface area contributed by atoms with Gasteiger partial charge < -0.3 is 14.8 Å². The molecule has 6 heteroatoms. The Morgan fingerprint density at radius 1 is 1.20 bits per heavy atom. The highest BCUT2D eigenvalue weighted by Crippen LogP contribution is 2.26. The molecule has 2 atom stereocenters. The molecule has 0 unspecified atom stereocenters. The van der Waals surface area contributed by atoms with Gasteiger partial charge >= 0.3 is 0 Å². The number of hydrogen-bond acceptors (Lipinski definition) is 3. The summed E-state index contributed by atoms with van der Waals surface area (Å²) in [5.74, 6) is -0.463. The van der Waals surface area contributed by atoms with Crippen LogP contribution in [0.25, 0.3) is 0 Å². The van der Waals surface area contributed by atoms with E-state index >= 15 is 0 Å². The van der Waals surface area contributed by atoms with Gasteiger partial charge in [-0.25, -0.2) is 0 Å². The smallest absolute Gasteiger partial charge is 0.251 e. The molecule has 2 heterocycles. The van der Waals surface area contributed by atoms with Gasteiger partial charge in [0.25, 0.3) is 5.56 Å². The lowest BCUT2D eigenvalue weighted by Gasteiger charge is -2.21. The molecule has 0 aliphatic carbocycles. The van der Waals surface area contributed by atoms with Gasteiger partial charge in [-0.1, -0.05) is 18.2 Å². The van der Waals surface area contributed by atoms with Crippen molar-refractivity contribution in [3.8, 4) is 0 Å². The van der Waals surface area contributed by atoms with E-state index in [0.29, 0.717) is 6.42 Å². The summed E-state index contributed by atoms with van der Waals surface area (Å²) >= 11 is 0. The third-order valence-electron chi connectivity index (χ3n) is 4.39. The van der Waals surface area contributed by atoms with Crippen molar-refractivity contribution in [2.75, 3.05) is 4.90 Å². The molecular weight excluding hydrogens is 318 g/mol. The Hall–Kier alpha value is -2.89. The van der Waals surface area contributed by atoms with Crippen molar-refractivity contribution < 1.29 is 9.59 Å². The van der Waals surface area contributed by atoms with Crippen LogP contribution in [-0.4, -0.2) is 28.5 Å².